The first-order valence-electron chi connectivity index (χ1n) is 12.0. The van der Waals surface area contributed by atoms with Crippen molar-refractivity contribution < 1.29 is 0 Å². The Morgan fingerprint density at radius 2 is 1.20 bits per heavy atom. The molecule has 0 saturated heterocycles. The Morgan fingerprint density at radius 3 is 2.00 bits per heavy atom. The molecule has 170 valence electrons. The third-order valence-corrected chi connectivity index (χ3v) is 7.44. The van der Waals surface area contributed by atoms with E-state index in [0.717, 1.165) is 27.5 Å². The van der Waals surface area contributed by atoms with Gasteiger partial charge in [0.05, 0.1) is 0 Å². The van der Waals surface area contributed by atoms with Crippen molar-refractivity contribution in [3.63, 3.8) is 0 Å². The summed E-state index contributed by atoms with van der Waals surface area (Å²) >= 11 is 6.87. The van der Waals surface area contributed by atoms with E-state index in [9.17, 15) is 0 Å². The van der Waals surface area contributed by atoms with Gasteiger partial charge in [-0.2, -0.15) is 0 Å². The van der Waals surface area contributed by atoms with Crippen LogP contribution in [0.5, 0.6) is 0 Å². The van der Waals surface area contributed by atoms with E-state index in [2.05, 4.69) is 128 Å². The van der Waals surface area contributed by atoms with Gasteiger partial charge in [0, 0.05) is 27.4 Å². The molecule has 0 aliphatic heterocycles. The van der Waals surface area contributed by atoms with Crippen molar-refractivity contribution in [2.45, 2.75) is 19.3 Å². The van der Waals surface area contributed by atoms with Gasteiger partial charge in [-0.25, -0.2) is 0 Å². The molecular weight excluding hydrogens is 446 g/mol. The van der Waals surface area contributed by atoms with Crippen molar-refractivity contribution in [2.24, 2.45) is 0 Å². The Morgan fingerprint density at radius 1 is 0.514 bits per heavy atom. The summed E-state index contributed by atoms with van der Waals surface area (Å²) in [4.78, 5) is 0. The molecule has 0 fully saturated rings. The average molecular weight is 472 g/mol. The van der Waals surface area contributed by atoms with Crippen LogP contribution in [0, 0.1) is 0 Å². The van der Waals surface area contributed by atoms with Gasteiger partial charge >= 0.3 is 0 Å². The van der Waals surface area contributed by atoms with Gasteiger partial charge in [0.2, 0.25) is 0 Å². The van der Waals surface area contributed by atoms with Crippen molar-refractivity contribution in [2.75, 3.05) is 5.32 Å². The second-order valence-corrected chi connectivity index (χ2v) is 10.1. The Kier molecular flexibility index (Phi) is 5.24. The Balaban J connectivity index is 1.31. The number of anilines is 2. The second-order valence-electron chi connectivity index (χ2n) is 9.70. The van der Waals surface area contributed by atoms with Crippen LogP contribution in [0.3, 0.4) is 0 Å². The van der Waals surface area contributed by atoms with Crippen molar-refractivity contribution in [3.05, 3.63) is 131 Å². The highest BCUT2D eigenvalue weighted by Gasteiger charge is 2.35. The van der Waals surface area contributed by atoms with Gasteiger partial charge in [-0.1, -0.05) is 104 Å². The zero-order valence-corrected chi connectivity index (χ0v) is 20.6. The summed E-state index contributed by atoms with van der Waals surface area (Å²) in [6, 6.07) is 40.5. The predicted octanol–water partition coefficient (Wildman–Crippen LogP) is 9.72. The number of nitrogens with one attached hydrogen (secondary N) is 1. The highest BCUT2D eigenvalue weighted by Crippen LogP contribution is 2.51. The van der Waals surface area contributed by atoms with Gasteiger partial charge < -0.3 is 5.32 Å². The van der Waals surface area contributed by atoms with Crippen LogP contribution < -0.4 is 5.32 Å². The standard InChI is InChI=1S/C33H26ClN/c1-33(2)30-14-7-6-13-27(30)29-21-32(34)28(20-31(29)33)24-11-8-12-26(19-24)35-25-17-15-23(16-18-25)22-9-4-3-5-10-22/h3-21,35H,1-2H3. The molecule has 0 bridgehead atoms. The smallest absolute Gasteiger partial charge is 0.0490 e. The first-order valence-corrected chi connectivity index (χ1v) is 12.4. The van der Waals surface area contributed by atoms with E-state index in [1.807, 2.05) is 6.07 Å². The van der Waals surface area contributed by atoms with Crippen LogP contribution in [0.2, 0.25) is 5.02 Å². The van der Waals surface area contributed by atoms with E-state index in [0.29, 0.717) is 0 Å². The molecule has 0 heterocycles. The summed E-state index contributed by atoms with van der Waals surface area (Å²) < 4.78 is 0. The normalized spacial score (nSPS) is 13.2. The highest BCUT2D eigenvalue weighted by molar-refractivity contribution is 6.33. The van der Waals surface area contributed by atoms with Crippen LogP contribution in [-0.2, 0) is 5.41 Å². The lowest BCUT2D eigenvalue weighted by molar-refractivity contribution is 0.660. The molecule has 0 saturated carbocycles. The highest BCUT2D eigenvalue weighted by atomic mass is 35.5. The summed E-state index contributed by atoms with van der Waals surface area (Å²) in [5.74, 6) is 0. The first-order chi connectivity index (χ1) is 17.0. The van der Waals surface area contributed by atoms with Gasteiger partial charge in [-0.15, -0.1) is 0 Å². The van der Waals surface area contributed by atoms with E-state index in [4.69, 9.17) is 11.6 Å². The predicted molar refractivity (Wildman–Crippen MR) is 150 cm³/mol. The third kappa shape index (κ3) is 3.83. The number of rotatable bonds is 4. The molecule has 2 heteroatoms. The molecule has 0 amide bonds. The van der Waals surface area contributed by atoms with E-state index in [-0.39, 0.29) is 5.41 Å². The molecule has 1 N–H and O–H groups in total. The lowest BCUT2D eigenvalue weighted by Gasteiger charge is -2.22. The Bertz CT molecular complexity index is 1530. The molecule has 0 aromatic heterocycles. The van der Waals surface area contributed by atoms with Crippen LogP contribution in [0.25, 0.3) is 33.4 Å². The molecule has 0 atom stereocenters. The van der Waals surface area contributed by atoms with Crippen molar-refractivity contribution in [3.8, 4) is 33.4 Å². The SMILES string of the molecule is CC1(C)c2ccccc2-c2cc(Cl)c(-c3cccc(Nc4ccc(-c5ccccc5)cc4)c3)cc21. The molecule has 1 nitrogen and oxygen atoms in total. The molecule has 0 unspecified atom stereocenters. The van der Waals surface area contributed by atoms with Crippen LogP contribution >= 0.6 is 11.6 Å². The summed E-state index contributed by atoms with van der Waals surface area (Å²) in [7, 11) is 0. The Labute approximate surface area is 212 Å². The molecule has 1 aliphatic rings. The molecule has 5 aromatic rings. The summed E-state index contributed by atoms with van der Waals surface area (Å²) in [6.45, 7) is 4.60. The van der Waals surface area contributed by atoms with Crippen LogP contribution in [0.4, 0.5) is 11.4 Å². The number of fused-ring (bicyclic) bond motifs is 3. The molecule has 1 aliphatic carbocycles. The van der Waals surface area contributed by atoms with Crippen LogP contribution in [-0.4, -0.2) is 0 Å². The van der Waals surface area contributed by atoms with Crippen molar-refractivity contribution in [1.82, 2.24) is 0 Å². The van der Waals surface area contributed by atoms with E-state index in [1.54, 1.807) is 0 Å². The monoisotopic (exact) mass is 471 g/mol. The van der Waals surface area contributed by atoms with Crippen molar-refractivity contribution >= 4 is 23.0 Å². The maximum atomic E-state index is 6.87. The second kappa shape index (κ2) is 8.45. The molecule has 35 heavy (non-hydrogen) atoms. The zero-order valence-electron chi connectivity index (χ0n) is 19.8. The van der Waals surface area contributed by atoms with Gasteiger partial charge in [0.25, 0.3) is 0 Å². The van der Waals surface area contributed by atoms with Gasteiger partial charge in [0.1, 0.15) is 0 Å². The molecule has 5 aromatic carbocycles. The van der Waals surface area contributed by atoms with Gasteiger partial charge in [-0.05, 0) is 75.3 Å². The fourth-order valence-electron chi connectivity index (χ4n) is 5.25. The minimum Gasteiger partial charge on any atom is -0.356 e. The number of benzene rings is 5. The molecule has 0 spiro atoms. The lowest BCUT2D eigenvalue weighted by atomic mass is 9.81. The zero-order chi connectivity index (χ0) is 24.0. The van der Waals surface area contributed by atoms with Crippen LogP contribution in [0.15, 0.2) is 115 Å². The fraction of sp³-hybridized carbons (Fsp3) is 0.0909. The van der Waals surface area contributed by atoms with E-state index in [1.165, 1.54) is 33.4 Å². The van der Waals surface area contributed by atoms with Crippen molar-refractivity contribution in [1.29, 1.82) is 0 Å². The minimum atomic E-state index is -0.0539. The number of hydrogen-bond acceptors (Lipinski definition) is 1. The fourth-order valence-corrected chi connectivity index (χ4v) is 5.52. The first kappa shape index (κ1) is 21.7. The van der Waals surface area contributed by atoms with E-state index < -0.39 is 0 Å². The summed E-state index contributed by atoms with van der Waals surface area (Å²) in [6.07, 6.45) is 0. The lowest BCUT2D eigenvalue weighted by Crippen LogP contribution is -2.14. The third-order valence-electron chi connectivity index (χ3n) is 7.13. The van der Waals surface area contributed by atoms with Crippen LogP contribution in [0.1, 0.15) is 25.0 Å². The van der Waals surface area contributed by atoms with Gasteiger partial charge in [-0.3, -0.25) is 0 Å². The minimum absolute atomic E-state index is 0.0539. The quantitative estimate of drug-likeness (QED) is 0.275. The Hall–Kier alpha value is -3.81. The molecular formula is C33H26ClN. The van der Waals surface area contributed by atoms with E-state index >= 15 is 0 Å². The molecule has 6 rings (SSSR count). The van der Waals surface area contributed by atoms with Gasteiger partial charge in [0.15, 0.2) is 0 Å². The number of halogens is 1. The maximum absolute atomic E-state index is 6.87. The largest absolute Gasteiger partial charge is 0.356 e. The maximum Gasteiger partial charge on any atom is 0.0490 e. The number of hydrogen-bond donors (Lipinski definition) is 1. The topological polar surface area (TPSA) is 12.0 Å². The summed E-state index contributed by atoms with van der Waals surface area (Å²) in [5, 5.41) is 4.33. The summed E-state index contributed by atoms with van der Waals surface area (Å²) in [5.41, 5.74) is 11.8. The average Bonchev–Trinajstić information content (AvgIpc) is 3.11. The molecule has 0 radical (unpaired) electrons.